The van der Waals surface area contributed by atoms with Crippen LogP contribution in [0.3, 0.4) is 0 Å². The van der Waals surface area contributed by atoms with Gasteiger partial charge in [0.15, 0.2) is 6.39 Å². The first-order valence-corrected chi connectivity index (χ1v) is 3.05. The minimum atomic E-state index is -1.03. The van der Waals surface area contributed by atoms with Crippen molar-refractivity contribution in [3.8, 4) is 0 Å². The van der Waals surface area contributed by atoms with Gasteiger partial charge in [0.1, 0.15) is 12.3 Å². The van der Waals surface area contributed by atoms with Gasteiger partial charge in [-0.25, -0.2) is 4.98 Å². The zero-order valence-corrected chi connectivity index (χ0v) is 5.73. The summed E-state index contributed by atoms with van der Waals surface area (Å²) < 4.78 is 4.64. The van der Waals surface area contributed by atoms with Gasteiger partial charge in [0.2, 0.25) is 0 Å². The lowest BCUT2D eigenvalue weighted by Crippen LogP contribution is -2.32. The van der Waals surface area contributed by atoms with Gasteiger partial charge in [-0.2, -0.15) is 0 Å². The summed E-state index contributed by atoms with van der Waals surface area (Å²) in [5.74, 6) is -1.03. The maximum absolute atomic E-state index is 10.2. The molecule has 1 heterocycles. The maximum atomic E-state index is 10.2. The lowest BCUT2D eigenvalue weighted by atomic mass is 10.2. The highest BCUT2D eigenvalue weighted by Gasteiger charge is 2.12. The zero-order valence-electron chi connectivity index (χ0n) is 5.73. The van der Waals surface area contributed by atoms with Crippen LogP contribution in [-0.2, 0) is 11.2 Å². The molecule has 0 bridgehead atoms. The smallest absolute Gasteiger partial charge is 0.320 e. The lowest BCUT2D eigenvalue weighted by molar-refractivity contribution is -0.138. The molecule has 1 rings (SSSR count). The Morgan fingerprint density at radius 1 is 1.91 bits per heavy atom. The molecule has 3 N–H and O–H groups in total. The molecule has 0 saturated heterocycles. The lowest BCUT2D eigenvalue weighted by Gasteiger charge is -2.00. The molecule has 1 aromatic heterocycles. The van der Waals surface area contributed by atoms with Crippen LogP contribution in [0.25, 0.3) is 0 Å². The van der Waals surface area contributed by atoms with Crippen molar-refractivity contribution in [2.24, 2.45) is 5.73 Å². The van der Waals surface area contributed by atoms with Crippen LogP contribution in [-0.4, -0.2) is 22.1 Å². The fraction of sp³-hybridized carbons (Fsp3) is 0.333. The Morgan fingerprint density at radius 3 is 3.09 bits per heavy atom. The summed E-state index contributed by atoms with van der Waals surface area (Å²) in [6.45, 7) is 0. The van der Waals surface area contributed by atoms with Crippen molar-refractivity contribution < 1.29 is 14.3 Å². The van der Waals surface area contributed by atoms with E-state index >= 15 is 0 Å². The zero-order chi connectivity index (χ0) is 8.27. The van der Waals surface area contributed by atoms with E-state index in [4.69, 9.17) is 10.8 Å². The molecule has 0 spiro atoms. The van der Waals surface area contributed by atoms with E-state index in [0.29, 0.717) is 5.69 Å². The summed E-state index contributed by atoms with van der Waals surface area (Å²) in [7, 11) is 0. The molecular weight excluding hydrogens is 148 g/mol. The van der Waals surface area contributed by atoms with Gasteiger partial charge >= 0.3 is 5.97 Å². The first-order valence-electron chi connectivity index (χ1n) is 3.05. The minimum Gasteiger partial charge on any atom is -0.480 e. The molecule has 1 atom stereocenters. The average Bonchev–Trinajstić information content (AvgIpc) is 2.39. The predicted octanol–water partition coefficient (Wildman–Crippen LogP) is -0.371. The van der Waals surface area contributed by atoms with E-state index < -0.39 is 12.0 Å². The van der Waals surface area contributed by atoms with Crippen molar-refractivity contribution in [2.75, 3.05) is 0 Å². The molecule has 0 amide bonds. The Morgan fingerprint density at radius 2 is 2.64 bits per heavy atom. The number of nitrogens with two attached hydrogens (primary N) is 1. The first kappa shape index (κ1) is 7.74. The number of oxazole rings is 1. The molecule has 11 heavy (non-hydrogen) atoms. The second kappa shape index (κ2) is 3.16. The molecule has 0 aliphatic heterocycles. The van der Waals surface area contributed by atoms with Crippen LogP contribution in [0.15, 0.2) is 17.1 Å². The SMILES string of the molecule is N[C@@H](Cc1cocn1)C(=O)O. The van der Waals surface area contributed by atoms with Crippen LogP contribution >= 0.6 is 0 Å². The van der Waals surface area contributed by atoms with Crippen LogP contribution < -0.4 is 5.73 Å². The second-order valence-electron chi connectivity index (χ2n) is 2.13. The highest BCUT2D eigenvalue weighted by Crippen LogP contribution is 1.97. The molecule has 60 valence electrons. The van der Waals surface area contributed by atoms with Gasteiger partial charge in [-0.3, -0.25) is 4.79 Å². The third-order valence-corrected chi connectivity index (χ3v) is 1.23. The Kier molecular flexibility index (Phi) is 2.22. The van der Waals surface area contributed by atoms with Gasteiger partial charge in [0.05, 0.1) is 5.69 Å². The van der Waals surface area contributed by atoms with E-state index in [1.54, 1.807) is 0 Å². The van der Waals surface area contributed by atoms with Crippen molar-refractivity contribution in [1.82, 2.24) is 4.98 Å². The molecule has 0 aromatic carbocycles. The molecule has 1 aromatic rings. The summed E-state index contributed by atoms with van der Waals surface area (Å²) in [6.07, 6.45) is 2.82. The third kappa shape index (κ3) is 2.05. The fourth-order valence-corrected chi connectivity index (χ4v) is 0.651. The van der Waals surface area contributed by atoms with Crippen LogP contribution in [0, 0.1) is 0 Å². The van der Waals surface area contributed by atoms with Crippen LogP contribution in [0.5, 0.6) is 0 Å². The quantitative estimate of drug-likeness (QED) is 0.623. The highest BCUT2D eigenvalue weighted by atomic mass is 16.4. The topological polar surface area (TPSA) is 89.4 Å². The number of hydrogen-bond acceptors (Lipinski definition) is 4. The van der Waals surface area contributed by atoms with E-state index in [1.165, 1.54) is 12.7 Å². The predicted molar refractivity (Wildman–Crippen MR) is 35.8 cm³/mol. The molecular formula is C6H8N2O3. The first-order chi connectivity index (χ1) is 5.20. The van der Waals surface area contributed by atoms with Gasteiger partial charge < -0.3 is 15.3 Å². The van der Waals surface area contributed by atoms with Gasteiger partial charge in [0.25, 0.3) is 0 Å². The Labute approximate surface area is 62.8 Å². The Bertz CT molecular complexity index is 232. The van der Waals surface area contributed by atoms with E-state index in [2.05, 4.69) is 9.40 Å². The maximum Gasteiger partial charge on any atom is 0.320 e. The van der Waals surface area contributed by atoms with Crippen molar-refractivity contribution in [3.05, 3.63) is 18.4 Å². The summed E-state index contributed by atoms with van der Waals surface area (Å²) in [6, 6.07) is -0.903. The number of carbonyl (C=O) groups is 1. The van der Waals surface area contributed by atoms with Gasteiger partial charge in [-0.15, -0.1) is 0 Å². The standard InChI is InChI=1S/C6H8N2O3/c7-5(6(9)10)1-4-2-11-3-8-4/h2-3,5H,1,7H2,(H,9,10)/t5-/m0/s1. The van der Waals surface area contributed by atoms with E-state index in [9.17, 15) is 4.79 Å². The molecule has 0 saturated carbocycles. The van der Waals surface area contributed by atoms with Crippen molar-refractivity contribution in [3.63, 3.8) is 0 Å². The average molecular weight is 156 g/mol. The number of aromatic nitrogens is 1. The normalized spacial score (nSPS) is 12.8. The number of aliphatic carboxylic acids is 1. The molecule has 0 unspecified atom stereocenters. The Balaban J connectivity index is 2.50. The molecule has 0 aliphatic rings. The number of carboxylic acids is 1. The molecule has 0 aliphatic carbocycles. The second-order valence-corrected chi connectivity index (χ2v) is 2.13. The highest BCUT2D eigenvalue weighted by molar-refractivity contribution is 5.73. The summed E-state index contributed by atoms with van der Waals surface area (Å²) >= 11 is 0. The van der Waals surface area contributed by atoms with E-state index in [1.807, 2.05) is 0 Å². The van der Waals surface area contributed by atoms with Gasteiger partial charge in [0, 0.05) is 6.42 Å². The summed E-state index contributed by atoms with van der Waals surface area (Å²) in [4.78, 5) is 14.0. The number of nitrogens with zero attached hydrogens (tertiary/aromatic N) is 1. The number of hydrogen-bond donors (Lipinski definition) is 2. The van der Waals surface area contributed by atoms with Crippen molar-refractivity contribution in [2.45, 2.75) is 12.5 Å². The summed E-state index contributed by atoms with van der Waals surface area (Å²) in [5, 5.41) is 8.40. The van der Waals surface area contributed by atoms with E-state index in [0.717, 1.165) is 0 Å². The fourth-order valence-electron chi connectivity index (χ4n) is 0.651. The number of rotatable bonds is 3. The van der Waals surface area contributed by atoms with Crippen molar-refractivity contribution >= 4 is 5.97 Å². The van der Waals surface area contributed by atoms with Crippen molar-refractivity contribution in [1.29, 1.82) is 0 Å². The molecule has 0 radical (unpaired) electrons. The summed E-state index contributed by atoms with van der Waals surface area (Å²) in [5.41, 5.74) is 5.78. The monoisotopic (exact) mass is 156 g/mol. The third-order valence-electron chi connectivity index (χ3n) is 1.23. The minimum absolute atomic E-state index is 0.200. The Hall–Kier alpha value is -1.36. The van der Waals surface area contributed by atoms with E-state index in [-0.39, 0.29) is 6.42 Å². The van der Waals surface area contributed by atoms with Crippen LogP contribution in [0.1, 0.15) is 5.69 Å². The molecule has 5 heteroatoms. The largest absolute Gasteiger partial charge is 0.480 e. The van der Waals surface area contributed by atoms with Gasteiger partial charge in [-0.05, 0) is 0 Å². The number of carboxylic acid groups (broad SMARTS) is 1. The van der Waals surface area contributed by atoms with Crippen LogP contribution in [0.4, 0.5) is 0 Å². The molecule has 0 fully saturated rings. The molecule has 5 nitrogen and oxygen atoms in total. The van der Waals surface area contributed by atoms with Crippen LogP contribution in [0.2, 0.25) is 0 Å². The van der Waals surface area contributed by atoms with Gasteiger partial charge in [-0.1, -0.05) is 0 Å².